The number of hydrogen-bond donors (Lipinski definition) is 2. The van der Waals surface area contributed by atoms with E-state index >= 15 is 0 Å². The summed E-state index contributed by atoms with van der Waals surface area (Å²) in [6.45, 7) is 5.92. The van der Waals surface area contributed by atoms with Crippen molar-refractivity contribution in [2.24, 2.45) is 0 Å². The van der Waals surface area contributed by atoms with Crippen molar-refractivity contribution in [3.8, 4) is 0 Å². The van der Waals surface area contributed by atoms with Crippen LogP contribution in [0.3, 0.4) is 0 Å². The molecular formula is C12H21BrN2O3S. The highest BCUT2D eigenvalue weighted by Crippen LogP contribution is 2.26. The van der Waals surface area contributed by atoms with E-state index in [4.69, 9.17) is 4.42 Å². The van der Waals surface area contributed by atoms with Crippen LogP contribution in [0.5, 0.6) is 0 Å². The van der Waals surface area contributed by atoms with Crippen LogP contribution in [0.4, 0.5) is 0 Å². The average Bonchev–Trinajstić information content (AvgIpc) is 2.72. The van der Waals surface area contributed by atoms with Gasteiger partial charge >= 0.3 is 0 Å². The van der Waals surface area contributed by atoms with Crippen molar-refractivity contribution in [2.75, 3.05) is 13.1 Å². The topological polar surface area (TPSA) is 71.3 Å². The normalized spacial score (nSPS) is 11.9. The molecule has 110 valence electrons. The highest BCUT2D eigenvalue weighted by Gasteiger charge is 2.21. The second-order valence-electron chi connectivity index (χ2n) is 4.28. The van der Waals surface area contributed by atoms with E-state index in [1.807, 2.05) is 6.92 Å². The first-order chi connectivity index (χ1) is 9.01. The Kier molecular flexibility index (Phi) is 7.06. The lowest BCUT2D eigenvalue weighted by atomic mass is 10.3. The molecule has 0 aliphatic carbocycles. The molecular weight excluding hydrogens is 332 g/mol. The van der Waals surface area contributed by atoms with Crippen molar-refractivity contribution >= 4 is 26.0 Å². The summed E-state index contributed by atoms with van der Waals surface area (Å²) < 4.78 is 32.3. The summed E-state index contributed by atoms with van der Waals surface area (Å²) in [5.74, 6) is 0.608. The van der Waals surface area contributed by atoms with Gasteiger partial charge in [-0.15, -0.1) is 0 Å². The fourth-order valence-corrected chi connectivity index (χ4v) is 3.59. The van der Waals surface area contributed by atoms with Crippen LogP contribution in [0.1, 0.15) is 38.9 Å². The van der Waals surface area contributed by atoms with Gasteiger partial charge in [-0.25, -0.2) is 13.1 Å². The van der Waals surface area contributed by atoms with Crippen molar-refractivity contribution in [3.63, 3.8) is 0 Å². The van der Waals surface area contributed by atoms with Gasteiger partial charge in [-0.3, -0.25) is 0 Å². The molecule has 0 aliphatic heterocycles. The minimum atomic E-state index is -3.49. The lowest BCUT2D eigenvalue weighted by Crippen LogP contribution is -2.24. The van der Waals surface area contributed by atoms with Crippen LogP contribution in [0.15, 0.2) is 20.0 Å². The van der Waals surface area contributed by atoms with E-state index in [0.29, 0.717) is 18.8 Å². The number of hydrogen-bond acceptors (Lipinski definition) is 4. The van der Waals surface area contributed by atoms with Gasteiger partial charge in [0.15, 0.2) is 4.67 Å². The molecule has 1 aromatic heterocycles. The molecule has 0 spiro atoms. The Bertz CT molecular complexity index is 485. The summed E-state index contributed by atoms with van der Waals surface area (Å²) in [7, 11) is -3.49. The highest BCUT2D eigenvalue weighted by molar-refractivity contribution is 9.10. The van der Waals surface area contributed by atoms with Gasteiger partial charge in [0.05, 0.1) is 6.54 Å². The predicted molar refractivity (Wildman–Crippen MR) is 78.5 cm³/mol. The van der Waals surface area contributed by atoms with Crippen molar-refractivity contribution in [3.05, 3.63) is 16.5 Å². The smallest absolute Gasteiger partial charge is 0.244 e. The van der Waals surface area contributed by atoms with Crippen molar-refractivity contribution < 1.29 is 12.8 Å². The van der Waals surface area contributed by atoms with Crippen LogP contribution in [0.2, 0.25) is 0 Å². The molecule has 7 heteroatoms. The van der Waals surface area contributed by atoms with Crippen LogP contribution in [-0.2, 0) is 16.6 Å². The number of unbranched alkanes of at least 4 members (excludes halogenated alkanes) is 1. The lowest BCUT2D eigenvalue weighted by molar-refractivity contribution is 0.461. The van der Waals surface area contributed by atoms with Crippen LogP contribution < -0.4 is 10.0 Å². The molecule has 19 heavy (non-hydrogen) atoms. The molecule has 1 heterocycles. The van der Waals surface area contributed by atoms with Gasteiger partial charge in [0.25, 0.3) is 0 Å². The van der Waals surface area contributed by atoms with E-state index in [1.165, 1.54) is 0 Å². The molecule has 0 unspecified atom stereocenters. The zero-order chi connectivity index (χ0) is 14.3. The molecule has 0 aliphatic rings. The molecule has 0 amide bonds. The van der Waals surface area contributed by atoms with Crippen LogP contribution >= 0.6 is 15.9 Å². The second-order valence-corrected chi connectivity index (χ2v) is 6.73. The Balaban J connectivity index is 2.71. The molecule has 0 fully saturated rings. The molecule has 0 bridgehead atoms. The van der Waals surface area contributed by atoms with Crippen LogP contribution in [-0.4, -0.2) is 21.5 Å². The van der Waals surface area contributed by atoms with Crippen molar-refractivity contribution in [1.82, 2.24) is 10.0 Å². The minimum Gasteiger partial charge on any atom is -0.452 e. The van der Waals surface area contributed by atoms with Crippen LogP contribution in [0.25, 0.3) is 0 Å². The third-order valence-electron chi connectivity index (χ3n) is 2.54. The molecule has 0 atom stereocenters. The number of halogens is 1. The van der Waals surface area contributed by atoms with E-state index in [9.17, 15) is 8.42 Å². The molecule has 0 saturated carbocycles. The zero-order valence-electron chi connectivity index (χ0n) is 11.3. The number of furan rings is 1. The van der Waals surface area contributed by atoms with Gasteiger partial charge in [0.2, 0.25) is 10.0 Å². The fraction of sp³-hybridized carbons (Fsp3) is 0.667. The third kappa shape index (κ3) is 5.25. The average molecular weight is 353 g/mol. The summed E-state index contributed by atoms with van der Waals surface area (Å²) in [5, 5.41) is 3.17. The first kappa shape index (κ1) is 16.7. The lowest BCUT2D eigenvalue weighted by Gasteiger charge is -2.03. The molecule has 0 radical (unpaired) electrons. The van der Waals surface area contributed by atoms with Gasteiger partial charge in [0, 0.05) is 12.6 Å². The fourth-order valence-electron chi connectivity index (χ4n) is 1.52. The van der Waals surface area contributed by atoms with Gasteiger partial charge in [-0.2, -0.15) is 0 Å². The minimum absolute atomic E-state index is 0.164. The Morgan fingerprint density at radius 2 is 2.00 bits per heavy atom. The first-order valence-corrected chi connectivity index (χ1v) is 8.77. The second kappa shape index (κ2) is 8.04. The Labute approximate surface area is 123 Å². The van der Waals surface area contributed by atoms with E-state index in [0.717, 1.165) is 25.8 Å². The molecule has 0 saturated heterocycles. The van der Waals surface area contributed by atoms with Crippen molar-refractivity contribution in [2.45, 2.75) is 44.6 Å². The standard InChI is InChI=1S/C12H21BrN2O3S/c1-3-5-7-15-19(16,17)11-8-10(18-12(11)13)9-14-6-4-2/h8,14-15H,3-7,9H2,1-2H3. The maximum Gasteiger partial charge on any atom is 0.244 e. The Hall–Kier alpha value is -0.370. The first-order valence-electron chi connectivity index (χ1n) is 6.49. The third-order valence-corrected chi connectivity index (χ3v) is 4.86. The number of rotatable bonds is 9. The molecule has 1 rings (SSSR count). The Morgan fingerprint density at radius 1 is 1.26 bits per heavy atom. The maximum atomic E-state index is 12.0. The quantitative estimate of drug-likeness (QED) is 0.670. The van der Waals surface area contributed by atoms with E-state index in [-0.39, 0.29) is 9.56 Å². The zero-order valence-corrected chi connectivity index (χ0v) is 13.7. The summed E-state index contributed by atoms with van der Waals surface area (Å²) >= 11 is 3.16. The monoisotopic (exact) mass is 352 g/mol. The van der Waals surface area contributed by atoms with Crippen molar-refractivity contribution in [1.29, 1.82) is 0 Å². The number of nitrogens with one attached hydrogen (secondary N) is 2. The largest absolute Gasteiger partial charge is 0.452 e. The number of sulfonamides is 1. The summed E-state index contributed by atoms with van der Waals surface area (Å²) in [6.07, 6.45) is 2.78. The van der Waals surface area contributed by atoms with E-state index in [1.54, 1.807) is 6.07 Å². The van der Waals surface area contributed by atoms with Gasteiger partial charge in [-0.05, 0) is 35.3 Å². The highest BCUT2D eigenvalue weighted by atomic mass is 79.9. The predicted octanol–water partition coefficient (Wildman–Crippen LogP) is 2.62. The molecule has 1 aromatic rings. The van der Waals surface area contributed by atoms with Crippen LogP contribution in [0, 0.1) is 0 Å². The molecule has 0 aromatic carbocycles. The van der Waals surface area contributed by atoms with Gasteiger partial charge in [0.1, 0.15) is 10.7 Å². The van der Waals surface area contributed by atoms with Gasteiger partial charge < -0.3 is 9.73 Å². The molecule has 2 N–H and O–H groups in total. The Morgan fingerprint density at radius 3 is 2.63 bits per heavy atom. The van der Waals surface area contributed by atoms with Gasteiger partial charge in [-0.1, -0.05) is 20.3 Å². The molecule has 5 nitrogen and oxygen atoms in total. The summed E-state index contributed by atoms with van der Waals surface area (Å²) in [5.41, 5.74) is 0. The summed E-state index contributed by atoms with van der Waals surface area (Å²) in [4.78, 5) is 0.164. The SMILES string of the molecule is CCCCNS(=O)(=O)c1cc(CNCCC)oc1Br. The van der Waals surface area contributed by atoms with E-state index in [2.05, 4.69) is 32.9 Å². The maximum absolute atomic E-state index is 12.0. The summed E-state index contributed by atoms with van der Waals surface area (Å²) in [6, 6.07) is 1.56. The van der Waals surface area contributed by atoms with E-state index < -0.39 is 10.0 Å².